The molecule has 3 N–H and O–H groups in total. The van der Waals surface area contributed by atoms with Gasteiger partial charge in [-0.15, -0.1) is 11.3 Å². The predicted octanol–water partition coefficient (Wildman–Crippen LogP) is 5.68. The summed E-state index contributed by atoms with van der Waals surface area (Å²) < 4.78 is 58.6. The van der Waals surface area contributed by atoms with Gasteiger partial charge in [-0.2, -0.15) is 15.2 Å². The highest BCUT2D eigenvalue weighted by Gasteiger charge is 2.47. The Balaban J connectivity index is 1.26. The van der Waals surface area contributed by atoms with Crippen LogP contribution < -0.4 is 20.7 Å². The Hall–Kier alpha value is -3.96. The van der Waals surface area contributed by atoms with E-state index in [1.807, 2.05) is 0 Å². The van der Waals surface area contributed by atoms with Gasteiger partial charge in [-0.25, -0.2) is 13.2 Å². The molecule has 4 fully saturated rings. The lowest BCUT2D eigenvalue weighted by atomic mass is 9.90. The van der Waals surface area contributed by atoms with Crippen LogP contribution in [0.2, 0.25) is 0 Å². The second-order valence-electron chi connectivity index (χ2n) is 13.4. The predicted molar refractivity (Wildman–Crippen MR) is 173 cm³/mol. The van der Waals surface area contributed by atoms with Crippen molar-refractivity contribution in [3.8, 4) is 23.2 Å². The highest BCUT2D eigenvalue weighted by atomic mass is 32.1. The second kappa shape index (κ2) is 10.8. The summed E-state index contributed by atoms with van der Waals surface area (Å²) in [6.07, 6.45) is 5.10. The molecule has 9 nitrogen and oxygen atoms in total. The summed E-state index contributed by atoms with van der Waals surface area (Å²) in [6.45, 7) is 3.65. The number of nitrogens with two attached hydrogens (primary N) is 1. The molecule has 242 valence electrons. The van der Waals surface area contributed by atoms with Crippen molar-refractivity contribution in [2.45, 2.75) is 62.9 Å². The van der Waals surface area contributed by atoms with E-state index in [0.29, 0.717) is 41.6 Å². The van der Waals surface area contributed by atoms with Crippen LogP contribution in [-0.2, 0) is 18.0 Å². The minimum atomic E-state index is -0.606. The minimum Gasteiger partial charge on any atom is -0.461 e. The first kappa shape index (κ1) is 29.2. The van der Waals surface area contributed by atoms with Gasteiger partial charge in [0.25, 0.3) is 0 Å². The topological polar surface area (TPSA) is 113 Å². The molecule has 3 unspecified atom stereocenters. The number of rotatable bonds is 5. The molecule has 9 rings (SSSR count). The van der Waals surface area contributed by atoms with Crippen LogP contribution in [0.4, 0.5) is 24.0 Å². The Bertz CT molecular complexity index is 2050. The summed E-state index contributed by atoms with van der Waals surface area (Å²) in [5, 5.41) is 14.5. The summed E-state index contributed by atoms with van der Waals surface area (Å²) >= 11 is 0.977. The van der Waals surface area contributed by atoms with Crippen molar-refractivity contribution in [3.63, 3.8) is 0 Å². The molecule has 2 bridgehead atoms. The van der Waals surface area contributed by atoms with E-state index in [0.717, 1.165) is 67.8 Å². The first-order valence-corrected chi connectivity index (χ1v) is 16.9. The molecule has 0 aliphatic carbocycles. The summed E-state index contributed by atoms with van der Waals surface area (Å²) in [7, 11) is 0. The second-order valence-corrected chi connectivity index (χ2v) is 14.4. The maximum Gasteiger partial charge on any atom is 0.319 e. The summed E-state index contributed by atoms with van der Waals surface area (Å²) in [5.41, 5.74) is 8.76. The fourth-order valence-corrected chi connectivity index (χ4v) is 9.76. The molecule has 4 aromatic rings. The van der Waals surface area contributed by atoms with Crippen LogP contribution in [0.3, 0.4) is 0 Å². The van der Waals surface area contributed by atoms with E-state index in [2.05, 4.69) is 21.2 Å². The quantitative estimate of drug-likeness (QED) is 0.279. The number of halogens is 3. The van der Waals surface area contributed by atoms with Crippen LogP contribution in [-0.4, -0.2) is 65.3 Å². The van der Waals surface area contributed by atoms with E-state index in [9.17, 15) is 9.65 Å². The minimum absolute atomic E-state index is 0.0646. The number of piperazine rings is 1. The molecule has 2 aromatic carbocycles. The number of hydrogen-bond donors (Lipinski definition) is 2. The van der Waals surface area contributed by atoms with Crippen LogP contribution in [0.15, 0.2) is 24.0 Å². The van der Waals surface area contributed by atoms with E-state index in [1.165, 1.54) is 12.1 Å². The van der Waals surface area contributed by atoms with Gasteiger partial charge in [0.05, 0.1) is 40.7 Å². The molecule has 0 amide bonds. The summed E-state index contributed by atoms with van der Waals surface area (Å²) in [4.78, 5) is 14.3. The number of hydrogen-bond acceptors (Lipinski definition) is 10. The van der Waals surface area contributed by atoms with Gasteiger partial charge < -0.3 is 25.4 Å². The zero-order valence-corrected chi connectivity index (χ0v) is 26.4. The molecule has 3 atom stereocenters. The zero-order valence-electron chi connectivity index (χ0n) is 25.5. The number of nitrogens with zero attached hydrogens (tertiary/aromatic N) is 5. The van der Waals surface area contributed by atoms with Crippen LogP contribution in [0.5, 0.6) is 6.01 Å². The number of thiophene rings is 1. The van der Waals surface area contributed by atoms with Crippen LogP contribution in [0.25, 0.3) is 32.1 Å². The molecular formula is C34H32F3N7O2S. The monoisotopic (exact) mass is 659 g/mol. The van der Waals surface area contributed by atoms with E-state index < -0.39 is 11.6 Å². The summed E-state index contributed by atoms with van der Waals surface area (Å²) in [6, 6.07) is 5.32. The highest BCUT2D eigenvalue weighted by molar-refractivity contribution is 7.23. The van der Waals surface area contributed by atoms with Crippen LogP contribution >= 0.6 is 11.3 Å². The molecule has 2 aromatic heterocycles. The lowest BCUT2D eigenvalue weighted by molar-refractivity contribution is 0.108. The number of aromatic nitrogens is 2. The van der Waals surface area contributed by atoms with Crippen molar-refractivity contribution in [1.82, 2.24) is 20.2 Å². The Morgan fingerprint density at radius 1 is 1.17 bits per heavy atom. The molecule has 7 heterocycles. The van der Waals surface area contributed by atoms with E-state index >= 15 is 8.78 Å². The summed E-state index contributed by atoms with van der Waals surface area (Å²) in [5.74, 6) is -0.501. The lowest BCUT2D eigenvalue weighted by Crippen LogP contribution is -2.52. The van der Waals surface area contributed by atoms with Crippen molar-refractivity contribution in [3.05, 3.63) is 52.4 Å². The number of anilines is 2. The Labute approximate surface area is 272 Å². The van der Waals surface area contributed by atoms with Crippen molar-refractivity contribution in [2.75, 3.05) is 43.4 Å². The van der Waals surface area contributed by atoms with E-state index in [-0.39, 0.29) is 75.2 Å². The third kappa shape index (κ3) is 4.24. The molecule has 13 heteroatoms. The van der Waals surface area contributed by atoms with Gasteiger partial charge in [0.2, 0.25) is 0 Å². The van der Waals surface area contributed by atoms with Gasteiger partial charge in [-0.1, -0.05) is 6.07 Å². The number of nitriles is 1. The largest absolute Gasteiger partial charge is 0.461 e. The first-order chi connectivity index (χ1) is 22.9. The number of ether oxygens (including phenoxy) is 2. The first-order valence-electron chi connectivity index (χ1n) is 16.1. The molecule has 0 saturated carbocycles. The molecule has 5 aliphatic rings. The smallest absolute Gasteiger partial charge is 0.319 e. The van der Waals surface area contributed by atoms with Crippen LogP contribution in [0, 0.1) is 23.0 Å². The molecule has 4 saturated heterocycles. The average Bonchev–Trinajstić information content (AvgIpc) is 3.88. The Morgan fingerprint density at radius 3 is 2.77 bits per heavy atom. The highest BCUT2D eigenvalue weighted by Crippen LogP contribution is 2.49. The molecular weight excluding hydrogens is 627 g/mol. The fraction of sp³-hybridized carbons (Fsp3) is 0.441. The molecule has 0 spiro atoms. The van der Waals surface area contributed by atoms with Gasteiger partial charge in [0.15, 0.2) is 5.82 Å². The van der Waals surface area contributed by atoms with Gasteiger partial charge in [-0.3, -0.25) is 4.90 Å². The maximum absolute atomic E-state index is 17.4. The third-order valence-corrected chi connectivity index (χ3v) is 11.9. The van der Waals surface area contributed by atoms with Gasteiger partial charge in [0, 0.05) is 42.7 Å². The number of nitrogens with one attached hydrogen (secondary N) is 1. The number of fused-ring (bicyclic) bond motifs is 7. The lowest BCUT2D eigenvalue weighted by Gasteiger charge is -2.37. The average molecular weight is 660 g/mol. The molecule has 47 heavy (non-hydrogen) atoms. The number of nitrogen functional groups attached to an aromatic ring is 1. The Kier molecular flexibility index (Phi) is 6.70. The van der Waals surface area contributed by atoms with Gasteiger partial charge in [-0.05, 0) is 67.0 Å². The third-order valence-electron chi connectivity index (χ3n) is 10.9. The fourth-order valence-electron chi connectivity index (χ4n) is 8.81. The van der Waals surface area contributed by atoms with Crippen molar-refractivity contribution in [1.29, 1.82) is 5.26 Å². The van der Waals surface area contributed by atoms with Gasteiger partial charge in [0.1, 0.15) is 34.8 Å². The van der Waals surface area contributed by atoms with E-state index in [1.54, 1.807) is 0 Å². The normalized spacial score (nSPS) is 26.1. The van der Waals surface area contributed by atoms with E-state index in [4.69, 9.17) is 25.2 Å². The SMILES string of the molecule is N#Cc1c(N)sc2c(F)ccc(-c3c4c(c5c(N6C7CCC6CNC7)nc(OCC67CCCN6CC(=CF)C7)nc5c3F)COC4)c12. The zero-order chi connectivity index (χ0) is 32.0. The maximum atomic E-state index is 17.4. The van der Waals surface area contributed by atoms with Crippen LogP contribution in [0.1, 0.15) is 48.8 Å². The number of benzene rings is 2. The van der Waals surface area contributed by atoms with Crippen molar-refractivity contribution >= 4 is 43.1 Å². The van der Waals surface area contributed by atoms with Gasteiger partial charge >= 0.3 is 6.01 Å². The van der Waals surface area contributed by atoms with Crippen molar-refractivity contribution in [2.24, 2.45) is 0 Å². The standard InChI is InChI=1S/C34H32F3N7O2S/c35-9-17-8-34(6-1-7-43(34)13-17)16-46-33-41-29-27(32(42-33)44-18-2-3-19(44)12-40-11-18)23-15-45-14-22(23)25(28(29)37)20-4-5-24(36)30-26(20)21(10-38)31(39)47-30/h4-5,9,18-19,40H,1-3,6-8,11-16,39H2. The molecule has 5 aliphatic heterocycles. The molecule has 0 radical (unpaired) electrons. The Morgan fingerprint density at radius 2 is 1.98 bits per heavy atom. The van der Waals surface area contributed by atoms with Crippen molar-refractivity contribution < 1.29 is 22.6 Å².